The molecule has 13 heavy (non-hydrogen) atoms. The van der Waals surface area contributed by atoms with E-state index in [2.05, 4.69) is 0 Å². The summed E-state index contributed by atoms with van der Waals surface area (Å²) >= 11 is 11.4. The fourth-order valence-electron chi connectivity index (χ4n) is 1.03. The van der Waals surface area contributed by atoms with Crippen LogP contribution in [-0.4, -0.2) is 14.7 Å². The lowest BCUT2D eigenvalue weighted by Gasteiger charge is -2.04. The van der Waals surface area contributed by atoms with Crippen molar-refractivity contribution in [3.63, 3.8) is 0 Å². The Morgan fingerprint density at radius 2 is 1.62 bits per heavy atom. The van der Waals surface area contributed by atoms with E-state index < -0.39 is 9.84 Å². The van der Waals surface area contributed by atoms with Crippen LogP contribution in [0.15, 0.2) is 17.0 Å². The summed E-state index contributed by atoms with van der Waals surface area (Å²) in [6.07, 6.45) is 1.14. The molecule has 0 saturated carbocycles. The maximum absolute atomic E-state index is 11.2. The van der Waals surface area contributed by atoms with Crippen molar-refractivity contribution < 1.29 is 8.42 Å². The molecule has 0 atom stereocenters. The Balaban J connectivity index is 3.50. The highest BCUT2D eigenvalue weighted by atomic mass is 35.5. The van der Waals surface area contributed by atoms with E-state index in [4.69, 9.17) is 23.2 Å². The van der Waals surface area contributed by atoms with Gasteiger partial charge in [-0.3, -0.25) is 0 Å². The lowest BCUT2D eigenvalue weighted by molar-refractivity contribution is 0.601. The van der Waals surface area contributed by atoms with E-state index in [0.29, 0.717) is 10.6 Å². The number of halogens is 2. The molecule has 1 aromatic carbocycles. The van der Waals surface area contributed by atoms with E-state index in [1.807, 2.05) is 0 Å². The minimum atomic E-state index is -3.22. The summed E-state index contributed by atoms with van der Waals surface area (Å²) in [6, 6.07) is 2.91. The van der Waals surface area contributed by atoms with Crippen LogP contribution in [0.5, 0.6) is 0 Å². The number of benzene rings is 1. The van der Waals surface area contributed by atoms with E-state index in [0.717, 1.165) is 6.26 Å². The first-order chi connectivity index (χ1) is 5.82. The summed E-state index contributed by atoms with van der Waals surface area (Å²) < 4.78 is 22.4. The molecule has 0 radical (unpaired) electrons. The zero-order valence-electron chi connectivity index (χ0n) is 7.14. The molecule has 0 aliphatic heterocycles. The summed E-state index contributed by atoms with van der Waals surface area (Å²) in [4.78, 5) is 0.224. The van der Waals surface area contributed by atoms with Crippen molar-refractivity contribution in [2.75, 3.05) is 6.26 Å². The number of sulfone groups is 1. The molecular weight excluding hydrogens is 231 g/mol. The lowest BCUT2D eigenvalue weighted by atomic mass is 10.2. The second kappa shape index (κ2) is 3.48. The summed E-state index contributed by atoms with van der Waals surface area (Å²) in [5.74, 6) is 0. The zero-order valence-corrected chi connectivity index (χ0v) is 9.46. The van der Waals surface area contributed by atoms with Crippen molar-refractivity contribution in [1.29, 1.82) is 0 Å². The van der Waals surface area contributed by atoms with E-state index in [9.17, 15) is 8.42 Å². The predicted molar refractivity (Wildman–Crippen MR) is 54.3 cm³/mol. The molecule has 1 aromatic rings. The summed E-state index contributed by atoms with van der Waals surface area (Å²) in [6.45, 7) is 1.68. The number of hydrogen-bond donors (Lipinski definition) is 0. The molecule has 0 bridgehead atoms. The van der Waals surface area contributed by atoms with Crippen LogP contribution in [0, 0.1) is 6.92 Å². The Morgan fingerprint density at radius 3 is 2.08 bits per heavy atom. The van der Waals surface area contributed by atoms with Crippen LogP contribution in [0.2, 0.25) is 10.0 Å². The van der Waals surface area contributed by atoms with Crippen LogP contribution < -0.4 is 0 Å². The summed E-state index contributed by atoms with van der Waals surface area (Å²) in [5, 5.41) is 0.624. The molecule has 0 unspecified atom stereocenters. The van der Waals surface area contributed by atoms with Crippen molar-refractivity contribution in [3.05, 3.63) is 27.7 Å². The molecule has 0 saturated heterocycles. The third kappa shape index (κ3) is 2.36. The first-order valence-electron chi connectivity index (χ1n) is 3.48. The third-order valence-electron chi connectivity index (χ3n) is 1.62. The van der Waals surface area contributed by atoms with Gasteiger partial charge in [0.05, 0.1) is 14.9 Å². The smallest absolute Gasteiger partial charge is 0.175 e. The van der Waals surface area contributed by atoms with Crippen molar-refractivity contribution in [3.8, 4) is 0 Å². The molecular formula is C8H8Cl2O2S. The fraction of sp³-hybridized carbons (Fsp3) is 0.250. The van der Waals surface area contributed by atoms with Gasteiger partial charge in [-0.2, -0.15) is 0 Å². The SMILES string of the molecule is Cc1cc(Cl)c(Cl)cc1S(C)(=O)=O. The Labute approximate surface area is 87.4 Å². The molecule has 0 aromatic heterocycles. The summed E-state index contributed by atoms with van der Waals surface area (Å²) in [5.41, 5.74) is 0.608. The first kappa shape index (κ1) is 10.8. The van der Waals surface area contributed by atoms with Crippen LogP contribution >= 0.6 is 23.2 Å². The minimum Gasteiger partial charge on any atom is -0.224 e. The lowest BCUT2D eigenvalue weighted by Crippen LogP contribution is -1.99. The average Bonchev–Trinajstić information content (AvgIpc) is 1.94. The van der Waals surface area contributed by atoms with Gasteiger partial charge >= 0.3 is 0 Å². The van der Waals surface area contributed by atoms with Gasteiger partial charge in [-0.25, -0.2) is 8.42 Å². The second-order valence-corrected chi connectivity index (χ2v) is 5.60. The van der Waals surface area contributed by atoms with Gasteiger partial charge in [0.15, 0.2) is 9.84 Å². The molecule has 5 heteroatoms. The normalized spacial score (nSPS) is 11.7. The van der Waals surface area contributed by atoms with Crippen LogP contribution in [-0.2, 0) is 9.84 Å². The largest absolute Gasteiger partial charge is 0.224 e. The maximum Gasteiger partial charge on any atom is 0.175 e. The fourth-order valence-corrected chi connectivity index (χ4v) is 2.45. The van der Waals surface area contributed by atoms with Crippen LogP contribution in [0.3, 0.4) is 0 Å². The van der Waals surface area contributed by atoms with Crippen LogP contribution in [0.25, 0.3) is 0 Å². The van der Waals surface area contributed by atoms with Gasteiger partial charge in [-0.15, -0.1) is 0 Å². The van der Waals surface area contributed by atoms with Gasteiger partial charge in [-0.05, 0) is 24.6 Å². The molecule has 0 spiro atoms. The molecule has 0 N–H and O–H groups in total. The predicted octanol–water partition coefficient (Wildman–Crippen LogP) is 2.71. The van der Waals surface area contributed by atoms with E-state index in [1.54, 1.807) is 13.0 Å². The van der Waals surface area contributed by atoms with Gasteiger partial charge in [0.1, 0.15) is 0 Å². The zero-order chi connectivity index (χ0) is 10.2. The van der Waals surface area contributed by atoms with Crippen molar-refractivity contribution in [2.24, 2.45) is 0 Å². The molecule has 72 valence electrons. The van der Waals surface area contributed by atoms with Gasteiger partial charge in [0, 0.05) is 6.26 Å². The van der Waals surface area contributed by atoms with Crippen molar-refractivity contribution in [2.45, 2.75) is 11.8 Å². The van der Waals surface area contributed by atoms with Gasteiger partial charge in [0.25, 0.3) is 0 Å². The quantitative estimate of drug-likeness (QED) is 0.755. The van der Waals surface area contributed by atoms with Gasteiger partial charge in [0.2, 0.25) is 0 Å². The standard InChI is InChI=1S/C8H8Cl2O2S/c1-5-3-6(9)7(10)4-8(5)13(2,11)12/h3-4H,1-2H3. The average molecular weight is 239 g/mol. The summed E-state index contributed by atoms with van der Waals surface area (Å²) in [7, 11) is -3.22. The Kier molecular flexibility index (Phi) is 2.90. The minimum absolute atomic E-state index is 0.224. The molecule has 0 aliphatic rings. The highest BCUT2D eigenvalue weighted by Gasteiger charge is 2.12. The van der Waals surface area contributed by atoms with Gasteiger partial charge in [-0.1, -0.05) is 23.2 Å². The van der Waals surface area contributed by atoms with Crippen molar-refractivity contribution in [1.82, 2.24) is 0 Å². The molecule has 0 heterocycles. The molecule has 0 amide bonds. The second-order valence-electron chi connectivity index (χ2n) is 2.80. The van der Waals surface area contributed by atoms with Crippen molar-refractivity contribution >= 4 is 33.0 Å². The number of aryl methyl sites for hydroxylation is 1. The molecule has 0 fully saturated rings. The van der Waals surface area contributed by atoms with E-state index >= 15 is 0 Å². The number of rotatable bonds is 1. The Bertz CT molecular complexity index is 438. The molecule has 2 nitrogen and oxygen atoms in total. The third-order valence-corrected chi connectivity index (χ3v) is 3.58. The van der Waals surface area contributed by atoms with Gasteiger partial charge < -0.3 is 0 Å². The first-order valence-corrected chi connectivity index (χ1v) is 6.13. The Hall–Kier alpha value is -0.250. The van der Waals surface area contributed by atoms with Crippen LogP contribution in [0.1, 0.15) is 5.56 Å². The molecule has 0 aliphatic carbocycles. The van der Waals surface area contributed by atoms with Crippen LogP contribution in [0.4, 0.5) is 0 Å². The Morgan fingerprint density at radius 1 is 1.15 bits per heavy atom. The monoisotopic (exact) mass is 238 g/mol. The molecule has 1 rings (SSSR count). The van der Waals surface area contributed by atoms with E-state index in [-0.39, 0.29) is 9.92 Å². The number of hydrogen-bond acceptors (Lipinski definition) is 2. The van der Waals surface area contributed by atoms with E-state index in [1.165, 1.54) is 6.07 Å². The maximum atomic E-state index is 11.2. The topological polar surface area (TPSA) is 34.1 Å². The highest BCUT2D eigenvalue weighted by molar-refractivity contribution is 7.90. The highest BCUT2D eigenvalue weighted by Crippen LogP contribution is 2.27.